The van der Waals surface area contributed by atoms with Crippen LogP contribution < -0.4 is 0 Å². The maximum Gasteiger partial charge on any atom is 0.0891 e. The predicted octanol–water partition coefficient (Wildman–Crippen LogP) is 2.79. The Morgan fingerprint density at radius 2 is 1.89 bits per heavy atom. The van der Waals surface area contributed by atoms with E-state index in [1.165, 1.54) is 0 Å². The molecular weight excluding hydrogens is 294 g/mol. The molecule has 0 fully saturated rings. The number of rotatable bonds is 1. The van der Waals surface area contributed by atoms with E-state index in [0.717, 1.165) is 0 Å². The molecule has 0 amide bonds. The maximum atomic E-state index is 10.9. The van der Waals surface area contributed by atoms with Crippen LogP contribution in [-0.4, -0.2) is 13.9 Å². The Hall–Kier alpha value is 0.548. The van der Waals surface area contributed by atoms with E-state index in [9.17, 15) is 8.78 Å². The fourth-order valence-electron chi connectivity index (χ4n) is 0. The molecule has 0 aliphatic rings. The summed E-state index contributed by atoms with van der Waals surface area (Å²) in [6.45, 7) is 3.28. The summed E-state index contributed by atoms with van der Waals surface area (Å²) in [5, 5.41) is 0. The average Bonchev–Trinajstić information content (AvgIpc) is 1.96. The first kappa shape index (κ1) is 12.2. The van der Waals surface area contributed by atoms with Crippen molar-refractivity contribution in [1.29, 1.82) is 0 Å². The van der Waals surface area contributed by atoms with Crippen LogP contribution in [0.1, 0.15) is 23.0 Å². The van der Waals surface area contributed by atoms with Gasteiger partial charge in [0.1, 0.15) is 0 Å². The molecule has 0 bridgehead atoms. The Balaban J connectivity index is -0.0000000360. The van der Waals surface area contributed by atoms with E-state index in [1.807, 2.05) is 0 Å². The van der Waals surface area contributed by atoms with Gasteiger partial charge in [-0.05, 0) is 7.79 Å². The largest absolute Gasteiger partial charge is 0.346 e. The number of hydrogen-bond donors (Lipinski definition) is 0. The molecule has 60 valence electrons. The first-order valence-corrected chi connectivity index (χ1v) is 2.15. The van der Waals surface area contributed by atoms with Crippen molar-refractivity contribution >= 4 is 0 Å². The molecule has 0 saturated carbocycles. The van der Waals surface area contributed by atoms with Crippen molar-refractivity contribution in [3.8, 4) is 0 Å². The van der Waals surface area contributed by atoms with Crippen molar-refractivity contribution in [3.63, 3.8) is 0 Å². The molecule has 0 radical (unpaired) electrons. The minimum absolute atomic E-state index is 0. The average molecular weight is 313 g/mol. The van der Waals surface area contributed by atoms with Gasteiger partial charge in [-0.3, -0.25) is 8.78 Å². The van der Waals surface area contributed by atoms with E-state index in [4.69, 9.17) is 2.74 Å². The summed E-state index contributed by atoms with van der Waals surface area (Å²) in [7, 11) is 0.500. The molecule has 0 rings (SSSR count). The molecule has 0 aliphatic heterocycles. The Bertz CT molecular complexity index is 32.5. The molecule has 9 heavy (non-hydrogen) atoms. The van der Waals surface area contributed by atoms with Crippen LogP contribution in [-0.2, 0) is 21.1 Å². The van der Waals surface area contributed by atoms with Gasteiger partial charge in [-0.1, -0.05) is 6.90 Å². The summed E-state index contributed by atoms with van der Waals surface area (Å²) in [4.78, 5) is 0. The molecule has 0 aromatic carbocycles. The van der Waals surface area contributed by atoms with Gasteiger partial charge in [0.05, 0.1) is 13.9 Å². The van der Waals surface area contributed by atoms with Gasteiger partial charge >= 0.3 is 0 Å². The zero-order chi connectivity index (χ0) is 8.83. The van der Waals surface area contributed by atoms with Crippen LogP contribution in [0.3, 0.4) is 0 Å². The quantitative estimate of drug-likeness (QED) is 0.653. The van der Waals surface area contributed by atoms with Crippen molar-refractivity contribution < 1.29 is 32.6 Å². The summed E-state index contributed by atoms with van der Waals surface area (Å²) < 4.78 is 32.8. The van der Waals surface area contributed by atoms with Crippen LogP contribution in [0.2, 0.25) is 0 Å². The van der Waals surface area contributed by atoms with E-state index in [2.05, 4.69) is 6.92 Å². The van der Waals surface area contributed by atoms with Gasteiger partial charge in [-0.25, -0.2) is 0 Å². The van der Waals surface area contributed by atoms with Crippen LogP contribution in [0.4, 0.5) is 8.78 Å². The zero-order valence-corrected chi connectivity index (χ0v) is 8.63. The molecule has 0 spiro atoms. The second-order valence-corrected chi connectivity index (χ2v) is 0.543. The first-order chi connectivity index (χ1) is 4.83. The third-order valence-electron chi connectivity index (χ3n) is 0.134. The standard InChI is InChI=1S/C3H7F.C2H5.CH3F.W/c1-2-3-4;2*1-2;/h2-3H2,1H3;1H2,2H3;1H3;/q;-1;;/i1T;2T;;. The van der Waals surface area contributed by atoms with E-state index >= 15 is 0 Å². The fourth-order valence-corrected chi connectivity index (χ4v) is 0. The summed E-state index contributed by atoms with van der Waals surface area (Å²) in [6, 6.07) is 0. The second-order valence-electron chi connectivity index (χ2n) is 0.543. The maximum absolute atomic E-state index is 10.9. The van der Waals surface area contributed by atoms with Crippen molar-refractivity contribution in [2.75, 3.05) is 13.9 Å². The minimum atomic E-state index is -0.344. The number of alkyl halides is 2. The molecule has 0 saturated heterocycles. The van der Waals surface area contributed by atoms with Gasteiger partial charge in [0.25, 0.3) is 0 Å². The molecule has 0 aliphatic carbocycles. The number of halogens is 2. The van der Waals surface area contributed by atoms with Gasteiger partial charge in [0, 0.05) is 22.4 Å². The Morgan fingerprint density at radius 3 is 1.89 bits per heavy atom. The summed E-state index contributed by atoms with van der Waals surface area (Å²) >= 11 is 0. The molecule has 0 heterocycles. The molecule has 0 aromatic rings. The van der Waals surface area contributed by atoms with Gasteiger partial charge in [-0.15, -0.1) is 0 Å². The van der Waals surface area contributed by atoms with Crippen molar-refractivity contribution in [2.45, 2.75) is 20.2 Å². The smallest absolute Gasteiger partial charge is 0.0891 e. The van der Waals surface area contributed by atoms with Crippen molar-refractivity contribution in [3.05, 3.63) is 6.92 Å². The first-order valence-electron chi connectivity index (χ1n) is 3.56. The van der Waals surface area contributed by atoms with Crippen LogP contribution in [0.25, 0.3) is 0 Å². The molecule has 0 aromatic heterocycles. The minimum Gasteiger partial charge on any atom is -0.346 e. The Labute approximate surface area is 74.1 Å². The van der Waals surface area contributed by atoms with Crippen LogP contribution in [0, 0.1) is 6.92 Å². The molecule has 3 heteroatoms. The predicted molar refractivity (Wildman–Crippen MR) is 34.3 cm³/mol. The molecule has 0 unspecified atom stereocenters. The molecule has 0 N–H and O–H groups in total. The van der Waals surface area contributed by atoms with Gasteiger partial charge in [0.15, 0.2) is 0 Å². The summed E-state index contributed by atoms with van der Waals surface area (Å²) in [5.74, 6) is 0. The van der Waals surface area contributed by atoms with Gasteiger partial charge < -0.3 is 6.92 Å². The summed E-state index contributed by atoms with van der Waals surface area (Å²) in [6.07, 6.45) is 0.389. The van der Waals surface area contributed by atoms with Crippen LogP contribution in [0.15, 0.2) is 0 Å². The normalized spacial score (nSPS) is 7.56. The van der Waals surface area contributed by atoms with E-state index < -0.39 is 0 Å². The third-order valence-corrected chi connectivity index (χ3v) is 0.134. The van der Waals surface area contributed by atoms with E-state index in [1.54, 1.807) is 0 Å². The zero-order valence-electron chi connectivity index (χ0n) is 7.70. The van der Waals surface area contributed by atoms with E-state index in [-0.39, 0.29) is 41.5 Å². The van der Waals surface area contributed by atoms with Crippen molar-refractivity contribution in [1.82, 2.24) is 0 Å². The topological polar surface area (TPSA) is 0 Å². The monoisotopic (exact) mass is 313 g/mol. The van der Waals surface area contributed by atoms with Crippen molar-refractivity contribution in [2.24, 2.45) is 0 Å². The Morgan fingerprint density at radius 1 is 1.56 bits per heavy atom. The van der Waals surface area contributed by atoms with E-state index in [0.29, 0.717) is 13.6 Å². The van der Waals surface area contributed by atoms with Crippen LogP contribution >= 0.6 is 0 Å². The van der Waals surface area contributed by atoms with Gasteiger partial charge in [-0.2, -0.15) is 6.90 Å². The molecule has 0 atom stereocenters. The summed E-state index contributed by atoms with van der Waals surface area (Å²) in [5.41, 5.74) is 0. The van der Waals surface area contributed by atoms with Gasteiger partial charge in [0.2, 0.25) is 0 Å². The second kappa shape index (κ2) is 75.0. The van der Waals surface area contributed by atoms with Crippen LogP contribution in [0.5, 0.6) is 0 Å². The third kappa shape index (κ3) is 153. The number of hydrogen-bond acceptors (Lipinski definition) is 0. The molecule has 0 nitrogen and oxygen atoms in total. The fraction of sp³-hybridized carbons (Fsp3) is 0.833. The molecular formula is C6H15F2W-. The Kier molecular flexibility index (Phi) is 102. The SMILES string of the molecule is CF.[3H]CCCF.[3H]C[CH2-].[W].